The molecule has 184 valence electrons. The number of pyridine rings is 1. The highest BCUT2D eigenvalue weighted by molar-refractivity contribution is 5.82. The summed E-state index contributed by atoms with van der Waals surface area (Å²) < 4.78 is 2.14. The fraction of sp³-hybridized carbons (Fsp3) is 0. The monoisotopic (exact) mass is 501 g/mol. The molecule has 0 spiro atoms. The van der Waals surface area contributed by atoms with E-state index in [0.717, 1.165) is 44.9 Å². The molecule has 3 aromatic heterocycles. The maximum Gasteiger partial charge on any atom is 0.164 e. The van der Waals surface area contributed by atoms with Crippen LogP contribution in [0.15, 0.2) is 140 Å². The number of benzene rings is 4. The molecule has 5 nitrogen and oxygen atoms in total. The van der Waals surface area contributed by atoms with Crippen LogP contribution < -0.4 is 0 Å². The molecular formula is C34H23N5. The van der Waals surface area contributed by atoms with Gasteiger partial charge in [0.05, 0.1) is 11.4 Å². The average Bonchev–Trinajstić information content (AvgIpc) is 3.42. The van der Waals surface area contributed by atoms with Crippen molar-refractivity contribution in [2.24, 2.45) is 0 Å². The fourth-order valence-electron chi connectivity index (χ4n) is 4.78. The van der Waals surface area contributed by atoms with Crippen molar-refractivity contribution in [3.63, 3.8) is 0 Å². The lowest BCUT2D eigenvalue weighted by Gasteiger charge is -2.09. The van der Waals surface area contributed by atoms with Crippen molar-refractivity contribution in [3.8, 4) is 56.7 Å². The number of nitrogens with zero attached hydrogens (tertiary/aromatic N) is 5. The third kappa shape index (κ3) is 4.36. The van der Waals surface area contributed by atoms with Gasteiger partial charge in [0.2, 0.25) is 0 Å². The average molecular weight is 502 g/mol. The van der Waals surface area contributed by atoms with Gasteiger partial charge in [0.1, 0.15) is 5.65 Å². The Labute approximate surface area is 226 Å². The van der Waals surface area contributed by atoms with E-state index >= 15 is 0 Å². The van der Waals surface area contributed by atoms with Gasteiger partial charge in [0.25, 0.3) is 0 Å². The highest BCUT2D eigenvalue weighted by Crippen LogP contribution is 2.34. The lowest BCUT2D eigenvalue weighted by molar-refractivity contribution is 1.07. The Kier molecular flexibility index (Phi) is 5.72. The smallest absolute Gasteiger partial charge is 0.164 e. The normalized spacial score (nSPS) is 11.1. The van der Waals surface area contributed by atoms with Crippen molar-refractivity contribution in [1.29, 1.82) is 0 Å². The largest absolute Gasteiger partial charge is 0.299 e. The summed E-state index contributed by atoms with van der Waals surface area (Å²) in [5.74, 6) is 1.93. The predicted octanol–water partition coefficient (Wildman–Crippen LogP) is 7.85. The molecule has 0 N–H and O–H groups in total. The number of rotatable bonds is 5. The zero-order valence-corrected chi connectivity index (χ0v) is 21.0. The molecule has 0 aliphatic carbocycles. The van der Waals surface area contributed by atoms with Crippen LogP contribution in [0.1, 0.15) is 0 Å². The lowest BCUT2D eigenvalue weighted by Crippen LogP contribution is -2.00. The Morgan fingerprint density at radius 1 is 0.359 bits per heavy atom. The van der Waals surface area contributed by atoms with Crippen LogP contribution in [0.3, 0.4) is 0 Å². The van der Waals surface area contributed by atoms with Crippen molar-refractivity contribution in [1.82, 2.24) is 24.3 Å². The highest BCUT2D eigenvalue weighted by Gasteiger charge is 2.17. The van der Waals surface area contributed by atoms with E-state index in [4.69, 9.17) is 19.9 Å². The topological polar surface area (TPSA) is 56.0 Å². The maximum atomic E-state index is 4.99. The van der Waals surface area contributed by atoms with E-state index in [0.29, 0.717) is 17.5 Å². The third-order valence-electron chi connectivity index (χ3n) is 6.69. The van der Waals surface area contributed by atoms with Crippen LogP contribution in [0.5, 0.6) is 0 Å². The summed E-state index contributed by atoms with van der Waals surface area (Å²) in [6, 6.07) is 44.8. The van der Waals surface area contributed by atoms with Gasteiger partial charge >= 0.3 is 0 Å². The number of fused-ring (bicyclic) bond motifs is 1. The van der Waals surface area contributed by atoms with E-state index in [1.54, 1.807) is 0 Å². The molecule has 3 heterocycles. The van der Waals surface area contributed by atoms with Crippen LogP contribution in [-0.2, 0) is 0 Å². The van der Waals surface area contributed by atoms with Gasteiger partial charge < -0.3 is 0 Å². The zero-order valence-electron chi connectivity index (χ0n) is 21.0. The first kappa shape index (κ1) is 22.8. The van der Waals surface area contributed by atoms with Crippen molar-refractivity contribution < 1.29 is 0 Å². The summed E-state index contributed by atoms with van der Waals surface area (Å²) in [5.41, 5.74) is 7.88. The van der Waals surface area contributed by atoms with Crippen LogP contribution in [0.2, 0.25) is 0 Å². The first-order valence-corrected chi connectivity index (χ1v) is 12.8. The van der Waals surface area contributed by atoms with E-state index in [-0.39, 0.29) is 0 Å². The summed E-state index contributed by atoms with van der Waals surface area (Å²) >= 11 is 0. The molecule has 4 aromatic carbocycles. The molecule has 7 rings (SSSR count). The molecule has 0 aliphatic heterocycles. The zero-order chi connectivity index (χ0) is 26.0. The van der Waals surface area contributed by atoms with Gasteiger partial charge in [-0.15, -0.1) is 0 Å². The standard InChI is InChI=1S/C34H23N5/c1-4-12-25(13-5-1)31-30(35-29-18-10-11-23-39(29)31)24-19-21-28(22-20-24)34-37-32(26-14-6-2-7-15-26)36-33(38-34)27-16-8-3-9-17-27/h1-23H. The minimum Gasteiger partial charge on any atom is -0.299 e. The van der Waals surface area contributed by atoms with E-state index < -0.39 is 0 Å². The molecule has 0 saturated heterocycles. The van der Waals surface area contributed by atoms with E-state index in [1.807, 2.05) is 84.9 Å². The molecule has 39 heavy (non-hydrogen) atoms. The second-order valence-corrected chi connectivity index (χ2v) is 9.22. The Morgan fingerprint density at radius 3 is 1.33 bits per heavy atom. The molecule has 7 aromatic rings. The van der Waals surface area contributed by atoms with Gasteiger partial charge in [-0.05, 0) is 12.1 Å². The van der Waals surface area contributed by atoms with Crippen molar-refractivity contribution in [2.75, 3.05) is 0 Å². The molecule has 0 unspecified atom stereocenters. The van der Waals surface area contributed by atoms with Crippen LogP contribution in [0.25, 0.3) is 62.3 Å². The van der Waals surface area contributed by atoms with Crippen LogP contribution in [-0.4, -0.2) is 24.3 Å². The van der Waals surface area contributed by atoms with Crippen LogP contribution >= 0.6 is 0 Å². The second-order valence-electron chi connectivity index (χ2n) is 9.22. The molecule has 0 aliphatic rings. The van der Waals surface area contributed by atoms with Crippen LogP contribution in [0, 0.1) is 0 Å². The predicted molar refractivity (Wildman–Crippen MR) is 156 cm³/mol. The molecule has 5 heteroatoms. The number of hydrogen-bond donors (Lipinski definition) is 0. The van der Waals surface area contributed by atoms with Gasteiger partial charge in [0, 0.05) is 34.0 Å². The third-order valence-corrected chi connectivity index (χ3v) is 6.69. The number of aromatic nitrogens is 5. The first-order valence-electron chi connectivity index (χ1n) is 12.8. The highest BCUT2D eigenvalue weighted by atomic mass is 15.0. The number of imidazole rings is 1. The Morgan fingerprint density at radius 2 is 0.795 bits per heavy atom. The van der Waals surface area contributed by atoms with E-state index in [2.05, 4.69) is 59.1 Å². The SMILES string of the molecule is c1ccc(-c2nc(-c3ccccc3)nc(-c3ccc(-c4nc5ccccn5c4-c4ccccc4)cc3)n2)cc1. The van der Waals surface area contributed by atoms with E-state index in [1.165, 1.54) is 0 Å². The minimum atomic E-state index is 0.632. The summed E-state index contributed by atoms with van der Waals surface area (Å²) in [6.07, 6.45) is 2.06. The van der Waals surface area contributed by atoms with Gasteiger partial charge in [-0.25, -0.2) is 19.9 Å². The molecule has 0 radical (unpaired) electrons. The molecule has 0 fully saturated rings. The fourth-order valence-corrected chi connectivity index (χ4v) is 4.78. The van der Waals surface area contributed by atoms with Crippen molar-refractivity contribution in [2.45, 2.75) is 0 Å². The second kappa shape index (κ2) is 9.80. The Balaban J connectivity index is 1.34. The molecule has 0 saturated carbocycles. The molecular weight excluding hydrogens is 478 g/mol. The lowest BCUT2D eigenvalue weighted by atomic mass is 10.0. The van der Waals surface area contributed by atoms with Crippen molar-refractivity contribution in [3.05, 3.63) is 140 Å². The summed E-state index contributed by atoms with van der Waals surface area (Å²) in [6.45, 7) is 0. The Hall–Kier alpha value is -5.42. The molecule has 0 atom stereocenters. The molecule has 0 bridgehead atoms. The van der Waals surface area contributed by atoms with Gasteiger partial charge in [-0.1, -0.05) is 121 Å². The summed E-state index contributed by atoms with van der Waals surface area (Å²) in [7, 11) is 0. The van der Waals surface area contributed by atoms with Gasteiger partial charge in [-0.3, -0.25) is 4.40 Å². The summed E-state index contributed by atoms with van der Waals surface area (Å²) in [5, 5.41) is 0. The van der Waals surface area contributed by atoms with Crippen molar-refractivity contribution >= 4 is 5.65 Å². The first-order chi connectivity index (χ1) is 19.3. The van der Waals surface area contributed by atoms with Gasteiger partial charge in [0.15, 0.2) is 17.5 Å². The summed E-state index contributed by atoms with van der Waals surface area (Å²) in [4.78, 5) is 19.5. The van der Waals surface area contributed by atoms with Gasteiger partial charge in [-0.2, -0.15) is 0 Å². The van der Waals surface area contributed by atoms with E-state index in [9.17, 15) is 0 Å². The maximum absolute atomic E-state index is 4.99. The van der Waals surface area contributed by atoms with Crippen LogP contribution in [0.4, 0.5) is 0 Å². The Bertz CT molecular complexity index is 1820. The quantitative estimate of drug-likeness (QED) is 0.241. The number of hydrogen-bond acceptors (Lipinski definition) is 4. The molecule has 0 amide bonds. The minimum absolute atomic E-state index is 0.632.